The van der Waals surface area contributed by atoms with Gasteiger partial charge in [0.2, 0.25) is 11.8 Å². The summed E-state index contributed by atoms with van der Waals surface area (Å²) in [6.45, 7) is 7.71. The molecule has 2 unspecified atom stereocenters. The molecule has 0 aromatic rings. The van der Waals surface area contributed by atoms with Gasteiger partial charge in [0.25, 0.3) is 0 Å². The van der Waals surface area contributed by atoms with Crippen LogP contribution in [0.3, 0.4) is 0 Å². The van der Waals surface area contributed by atoms with Crippen molar-refractivity contribution in [2.75, 3.05) is 18.9 Å². The van der Waals surface area contributed by atoms with Crippen LogP contribution < -0.4 is 5.32 Å². The van der Waals surface area contributed by atoms with Crippen molar-refractivity contribution >= 4 is 47.5 Å². The topological polar surface area (TPSA) is 175 Å². The van der Waals surface area contributed by atoms with E-state index < -0.39 is 72.2 Å². The molecular formula is C37H64N2O11S. The normalized spacial score (nSPS) is 17.9. The van der Waals surface area contributed by atoms with Gasteiger partial charge in [0.15, 0.2) is 18.3 Å². The van der Waals surface area contributed by atoms with Gasteiger partial charge in [0.05, 0.1) is 0 Å². The van der Waals surface area contributed by atoms with Crippen LogP contribution in [0.2, 0.25) is 0 Å². The van der Waals surface area contributed by atoms with Crippen LogP contribution in [0.4, 0.5) is 0 Å². The highest BCUT2D eigenvalue weighted by Crippen LogP contribution is 2.35. The maximum atomic E-state index is 13.2. The Labute approximate surface area is 309 Å². The molecule has 1 aliphatic rings. The Balaban J connectivity index is 2.67. The molecule has 6 atom stereocenters. The second-order valence-electron chi connectivity index (χ2n) is 13.3. The summed E-state index contributed by atoms with van der Waals surface area (Å²) in [5, 5.41) is 13.4. The third-order valence-electron chi connectivity index (χ3n) is 8.72. The number of esters is 4. The largest absolute Gasteiger partial charge is 0.462 e. The molecule has 1 fully saturated rings. The molecule has 0 aliphatic carbocycles. The third kappa shape index (κ3) is 19.5. The fourth-order valence-corrected chi connectivity index (χ4v) is 7.73. The molecule has 0 aromatic heterocycles. The Bertz CT molecular complexity index is 1080. The Kier molecular flexibility index (Phi) is 24.3. The Morgan fingerprint density at radius 2 is 1.12 bits per heavy atom. The van der Waals surface area contributed by atoms with E-state index in [9.17, 15) is 33.9 Å². The summed E-state index contributed by atoms with van der Waals surface area (Å²) in [6, 6.07) is -0.913. The minimum Gasteiger partial charge on any atom is -0.462 e. The van der Waals surface area contributed by atoms with Crippen LogP contribution in [0.5, 0.6) is 0 Å². The lowest BCUT2D eigenvalue weighted by Gasteiger charge is -2.38. The number of rotatable bonds is 27. The van der Waals surface area contributed by atoms with Gasteiger partial charge in [-0.1, -0.05) is 103 Å². The minimum absolute atomic E-state index is 0.151. The zero-order valence-corrected chi connectivity index (χ0v) is 32.6. The lowest BCUT2D eigenvalue weighted by molar-refractivity contribution is -0.200. The molecular weight excluding hydrogens is 680 g/mol. The van der Waals surface area contributed by atoms with Crippen LogP contribution in [-0.2, 0) is 47.7 Å². The minimum atomic E-state index is -1.71. The summed E-state index contributed by atoms with van der Waals surface area (Å²) in [6.07, 6.45) is 13.5. The van der Waals surface area contributed by atoms with E-state index in [1.165, 1.54) is 95.3 Å². The Morgan fingerprint density at radius 3 is 1.55 bits per heavy atom. The van der Waals surface area contributed by atoms with Crippen molar-refractivity contribution in [3.8, 4) is 0 Å². The van der Waals surface area contributed by atoms with Crippen molar-refractivity contribution in [2.24, 2.45) is 0 Å². The second-order valence-corrected chi connectivity index (χ2v) is 14.5. The number of aliphatic hydroxyl groups is 1. The van der Waals surface area contributed by atoms with E-state index in [1.807, 2.05) is 0 Å². The number of thioether (sulfide) groups is 1. The number of carbonyl (C=O) groups excluding carboxylic acids is 6. The van der Waals surface area contributed by atoms with E-state index >= 15 is 0 Å². The fourth-order valence-electron chi connectivity index (χ4n) is 6.23. The van der Waals surface area contributed by atoms with Crippen LogP contribution in [0.25, 0.3) is 0 Å². The van der Waals surface area contributed by atoms with Gasteiger partial charge in [0, 0.05) is 46.9 Å². The van der Waals surface area contributed by atoms with Crippen LogP contribution >= 0.6 is 11.8 Å². The van der Waals surface area contributed by atoms with Gasteiger partial charge < -0.3 is 34.3 Å². The van der Waals surface area contributed by atoms with Crippen molar-refractivity contribution in [2.45, 2.75) is 180 Å². The summed E-state index contributed by atoms with van der Waals surface area (Å²) in [5.41, 5.74) is 0. The van der Waals surface area contributed by atoms with Crippen molar-refractivity contribution in [1.82, 2.24) is 10.2 Å². The highest BCUT2D eigenvalue weighted by atomic mass is 32.2. The predicted octanol–water partition coefficient (Wildman–Crippen LogP) is 5.37. The van der Waals surface area contributed by atoms with Crippen molar-refractivity contribution in [3.63, 3.8) is 0 Å². The average molecular weight is 745 g/mol. The second kappa shape index (κ2) is 26.8. The highest BCUT2D eigenvalue weighted by Gasteiger charge is 2.50. The van der Waals surface area contributed by atoms with Gasteiger partial charge in [0.1, 0.15) is 24.1 Å². The molecule has 0 aromatic carbocycles. The van der Waals surface area contributed by atoms with Crippen LogP contribution in [0.15, 0.2) is 0 Å². The van der Waals surface area contributed by atoms with Gasteiger partial charge in [-0.2, -0.15) is 0 Å². The molecule has 51 heavy (non-hydrogen) atoms. The SMILES string of the molecule is CCCCCCCCCCCCCCCCCCNC(=O)C1CSC([C@H](O)[C@@H](OC(C)=O)[C@@H](OC(C)=O)[C@@H](COC(C)=O)OC(C)=O)N1C(C)=O. The molecule has 0 bridgehead atoms. The van der Waals surface area contributed by atoms with Gasteiger partial charge in [-0.3, -0.25) is 28.8 Å². The Hall–Kier alpha value is -2.87. The number of aliphatic hydroxyl groups excluding tert-OH is 1. The molecule has 14 heteroatoms. The third-order valence-corrected chi connectivity index (χ3v) is 10.1. The quantitative estimate of drug-likeness (QED) is 0.0626. The fraction of sp³-hybridized carbons (Fsp3) is 0.838. The molecule has 0 saturated carbocycles. The van der Waals surface area contributed by atoms with Crippen molar-refractivity contribution in [3.05, 3.63) is 0 Å². The lowest BCUT2D eigenvalue weighted by atomic mass is 10.0. The molecule has 0 spiro atoms. The van der Waals surface area contributed by atoms with Gasteiger partial charge in [-0.05, 0) is 6.42 Å². The number of amides is 2. The number of unbranched alkanes of at least 4 members (excludes halogenated alkanes) is 15. The molecule has 294 valence electrons. The maximum absolute atomic E-state index is 13.2. The van der Waals surface area contributed by atoms with Crippen LogP contribution in [0, 0.1) is 0 Å². The number of carbonyl (C=O) groups is 6. The smallest absolute Gasteiger partial charge is 0.303 e. The number of hydrogen-bond acceptors (Lipinski definition) is 12. The molecule has 2 N–H and O–H groups in total. The molecule has 1 heterocycles. The maximum Gasteiger partial charge on any atom is 0.303 e. The molecule has 1 aliphatic heterocycles. The van der Waals surface area contributed by atoms with E-state index in [-0.39, 0.29) is 11.7 Å². The zero-order chi connectivity index (χ0) is 38.2. The molecule has 1 rings (SSSR count). The number of nitrogens with zero attached hydrogens (tertiary/aromatic N) is 1. The lowest BCUT2D eigenvalue weighted by Crippen LogP contribution is -2.58. The summed E-state index contributed by atoms with van der Waals surface area (Å²) in [7, 11) is 0. The van der Waals surface area contributed by atoms with Crippen LogP contribution in [-0.4, -0.2) is 100 Å². The van der Waals surface area contributed by atoms with E-state index in [0.717, 1.165) is 58.7 Å². The summed E-state index contributed by atoms with van der Waals surface area (Å²) in [4.78, 5) is 75.0. The molecule has 2 amide bonds. The van der Waals surface area contributed by atoms with E-state index in [0.29, 0.717) is 6.54 Å². The summed E-state index contributed by atoms with van der Waals surface area (Å²) in [5.74, 6) is -4.00. The van der Waals surface area contributed by atoms with E-state index in [2.05, 4.69) is 12.2 Å². The number of hydrogen-bond donors (Lipinski definition) is 2. The van der Waals surface area contributed by atoms with Crippen LogP contribution in [0.1, 0.15) is 144 Å². The van der Waals surface area contributed by atoms with Gasteiger partial charge in [-0.25, -0.2) is 0 Å². The number of nitrogens with one attached hydrogen (secondary N) is 1. The first-order valence-corrected chi connectivity index (χ1v) is 19.9. The first kappa shape index (κ1) is 46.2. The van der Waals surface area contributed by atoms with Crippen molar-refractivity contribution < 1.29 is 52.8 Å². The van der Waals surface area contributed by atoms with E-state index in [4.69, 9.17) is 18.9 Å². The van der Waals surface area contributed by atoms with E-state index in [1.54, 1.807) is 0 Å². The predicted molar refractivity (Wildman–Crippen MR) is 194 cm³/mol. The first-order valence-electron chi connectivity index (χ1n) is 18.8. The monoisotopic (exact) mass is 744 g/mol. The summed E-state index contributed by atoms with van der Waals surface area (Å²) < 4.78 is 21.0. The average Bonchev–Trinajstić information content (AvgIpc) is 3.51. The molecule has 0 radical (unpaired) electrons. The van der Waals surface area contributed by atoms with Crippen molar-refractivity contribution in [1.29, 1.82) is 0 Å². The first-order chi connectivity index (χ1) is 24.3. The molecule has 13 nitrogen and oxygen atoms in total. The standard InChI is InChI=1S/C37H64N2O11S/c1-7-8-9-10-11-12-13-14-15-16-17-18-19-20-21-22-23-38-36(46)31-25-51-37(39(31)26(2)40)33(45)35(50-30(6)44)34(49-29(5)43)32(48-28(4)42)24-47-27(3)41/h31-35,37,45H,7-25H2,1-6H3,(H,38,46)/t31?,32-,33-,34+,35-,37?/m1/s1. The number of ether oxygens (including phenoxy) is 4. The Morgan fingerprint density at radius 1 is 0.667 bits per heavy atom. The van der Waals surface area contributed by atoms with Gasteiger partial charge in [-0.15, -0.1) is 11.8 Å². The van der Waals surface area contributed by atoms with Gasteiger partial charge >= 0.3 is 23.9 Å². The highest BCUT2D eigenvalue weighted by molar-refractivity contribution is 8.00. The summed E-state index contributed by atoms with van der Waals surface area (Å²) >= 11 is 1.09. The molecule has 1 saturated heterocycles. The zero-order valence-electron chi connectivity index (χ0n) is 31.8.